The monoisotopic (exact) mass is 363 g/mol. The molecule has 0 aromatic carbocycles. The molecule has 1 fully saturated rings. The van der Waals surface area contributed by atoms with Gasteiger partial charge in [-0.3, -0.25) is 9.59 Å². The van der Waals surface area contributed by atoms with E-state index in [1.165, 1.54) is 0 Å². The van der Waals surface area contributed by atoms with E-state index in [4.69, 9.17) is 0 Å². The lowest BCUT2D eigenvalue weighted by Crippen LogP contribution is -2.25. The SMILES string of the molecule is CN1CC(C(=O)Nc2ccc(-n3cc(Br)cn3)nc2)CC1=O. The van der Waals surface area contributed by atoms with E-state index in [-0.39, 0.29) is 24.2 Å². The zero-order chi connectivity index (χ0) is 15.7. The lowest BCUT2D eigenvalue weighted by atomic mass is 10.1. The van der Waals surface area contributed by atoms with Gasteiger partial charge in [-0.2, -0.15) is 5.10 Å². The topological polar surface area (TPSA) is 80.1 Å². The zero-order valence-electron chi connectivity index (χ0n) is 11.9. The molecule has 0 aliphatic carbocycles. The summed E-state index contributed by atoms with van der Waals surface area (Å²) in [5, 5.41) is 6.92. The Morgan fingerprint density at radius 3 is 2.77 bits per heavy atom. The van der Waals surface area contributed by atoms with Crippen LogP contribution in [0.25, 0.3) is 5.82 Å². The summed E-state index contributed by atoms with van der Waals surface area (Å²) in [5.41, 5.74) is 0.599. The summed E-state index contributed by atoms with van der Waals surface area (Å²) in [7, 11) is 1.70. The first kappa shape index (κ1) is 14.7. The van der Waals surface area contributed by atoms with Crippen LogP contribution in [0, 0.1) is 5.92 Å². The van der Waals surface area contributed by atoms with Gasteiger partial charge in [-0.05, 0) is 28.1 Å². The molecule has 2 amide bonds. The van der Waals surface area contributed by atoms with E-state index in [1.54, 1.807) is 47.4 Å². The number of pyridine rings is 1. The molecule has 1 aliphatic heterocycles. The largest absolute Gasteiger partial charge is 0.345 e. The molecule has 8 heteroatoms. The van der Waals surface area contributed by atoms with Gasteiger partial charge >= 0.3 is 0 Å². The maximum atomic E-state index is 12.1. The molecule has 3 heterocycles. The molecular formula is C14H14BrN5O2. The lowest BCUT2D eigenvalue weighted by Gasteiger charge is -2.11. The molecule has 1 saturated heterocycles. The molecular weight excluding hydrogens is 350 g/mol. The summed E-state index contributed by atoms with van der Waals surface area (Å²) in [6.45, 7) is 0.456. The second kappa shape index (κ2) is 5.88. The predicted octanol–water partition coefficient (Wildman–Crippen LogP) is 1.45. The van der Waals surface area contributed by atoms with Crippen LogP contribution in [-0.4, -0.2) is 45.1 Å². The number of rotatable bonds is 3. The van der Waals surface area contributed by atoms with Crippen molar-refractivity contribution in [3.8, 4) is 5.82 Å². The van der Waals surface area contributed by atoms with Gasteiger partial charge in [-0.15, -0.1) is 0 Å². The van der Waals surface area contributed by atoms with E-state index in [0.717, 1.165) is 4.47 Å². The van der Waals surface area contributed by atoms with Gasteiger partial charge < -0.3 is 10.2 Å². The molecule has 2 aromatic heterocycles. The number of aromatic nitrogens is 3. The summed E-state index contributed by atoms with van der Waals surface area (Å²) >= 11 is 3.32. The van der Waals surface area contributed by atoms with Crippen molar-refractivity contribution in [1.82, 2.24) is 19.7 Å². The number of nitrogens with zero attached hydrogens (tertiary/aromatic N) is 4. The van der Waals surface area contributed by atoms with Crippen molar-refractivity contribution < 1.29 is 9.59 Å². The van der Waals surface area contributed by atoms with Crippen molar-refractivity contribution in [1.29, 1.82) is 0 Å². The highest BCUT2D eigenvalue weighted by molar-refractivity contribution is 9.10. The fraction of sp³-hybridized carbons (Fsp3) is 0.286. The van der Waals surface area contributed by atoms with Crippen LogP contribution in [-0.2, 0) is 9.59 Å². The van der Waals surface area contributed by atoms with Gasteiger partial charge in [-0.1, -0.05) is 0 Å². The minimum atomic E-state index is -0.306. The molecule has 1 aliphatic rings. The third-order valence-corrected chi connectivity index (χ3v) is 3.92. The molecule has 2 aromatic rings. The number of likely N-dealkylation sites (tertiary alicyclic amines) is 1. The predicted molar refractivity (Wildman–Crippen MR) is 83.4 cm³/mol. The van der Waals surface area contributed by atoms with Crippen LogP contribution in [0.2, 0.25) is 0 Å². The van der Waals surface area contributed by atoms with Crippen molar-refractivity contribution in [3.63, 3.8) is 0 Å². The van der Waals surface area contributed by atoms with Crippen LogP contribution in [0.15, 0.2) is 35.2 Å². The fourth-order valence-corrected chi connectivity index (χ4v) is 2.59. The van der Waals surface area contributed by atoms with Gasteiger partial charge in [0.25, 0.3) is 0 Å². The molecule has 0 saturated carbocycles. The molecule has 1 N–H and O–H groups in total. The third-order valence-electron chi connectivity index (χ3n) is 3.51. The van der Waals surface area contributed by atoms with Gasteiger partial charge in [0.05, 0.1) is 28.5 Å². The van der Waals surface area contributed by atoms with Crippen molar-refractivity contribution in [3.05, 3.63) is 35.2 Å². The van der Waals surface area contributed by atoms with Crippen LogP contribution in [0.5, 0.6) is 0 Å². The average molecular weight is 364 g/mol. The standard InChI is InChI=1S/C14H14BrN5O2/c1-19-7-9(4-13(19)21)14(22)18-11-2-3-12(16-6-11)20-8-10(15)5-17-20/h2-3,5-6,8-9H,4,7H2,1H3,(H,18,22). The first-order valence-corrected chi connectivity index (χ1v) is 7.53. The minimum absolute atomic E-state index is 0.00196. The van der Waals surface area contributed by atoms with Gasteiger partial charge in [0.15, 0.2) is 5.82 Å². The molecule has 22 heavy (non-hydrogen) atoms. The number of amides is 2. The smallest absolute Gasteiger partial charge is 0.229 e. The first-order valence-electron chi connectivity index (χ1n) is 6.74. The Kier molecular flexibility index (Phi) is 3.93. The van der Waals surface area contributed by atoms with Crippen LogP contribution in [0.1, 0.15) is 6.42 Å². The van der Waals surface area contributed by atoms with E-state index >= 15 is 0 Å². The molecule has 1 unspecified atom stereocenters. The fourth-order valence-electron chi connectivity index (χ4n) is 2.31. The number of carbonyl (C=O) groups excluding carboxylic acids is 2. The second-order valence-corrected chi connectivity index (χ2v) is 6.09. The Labute approximate surface area is 135 Å². The summed E-state index contributed by atoms with van der Waals surface area (Å²) in [4.78, 5) is 29.4. The Morgan fingerprint density at radius 2 is 2.23 bits per heavy atom. The van der Waals surface area contributed by atoms with Gasteiger partial charge in [0.1, 0.15) is 0 Å². The molecule has 0 spiro atoms. The summed E-state index contributed by atoms with van der Waals surface area (Å²) < 4.78 is 2.49. The summed E-state index contributed by atoms with van der Waals surface area (Å²) in [5.74, 6) is 0.186. The first-order chi connectivity index (χ1) is 10.5. The Bertz CT molecular complexity index is 712. The highest BCUT2D eigenvalue weighted by atomic mass is 79.9. The number of nitrogens with one attached hydrogen (secondary N) is 1. The van der Waals surface area contributed by atoms with Gasteiger partial charge in [0.2, 0.25) is 11.8 Å². The second-order valence-electron chi connectivity index (χ2n) is 5.17. The molecule has 3 rings (SSSR count). The number of halogens is 1. The minimum Gasteiger partial charge on any atom is -0.345 e. The number of hydrogen-bond donors (Lipinski definition) is 1. The quantitative estimate of drug-likeness (QED) is 0.894. The normalized spacial score (nSPS) is 17.8. The van der Waals surface area contributed by atoms with Gasteiger partial charge in [0, 0.05) is 26.2 Å². The summed E-state index contributed by atoms with van der Waals surface area (Å²) in [6, 6.07) is 3.53. The van der Waals surface area contributed by atoms with Crippen LogP contribution in [0.4, 0.5) is 5.69 Å². The van der Waals surface area contributed by atoms with Gasteiger partial charge in [-0.25, -0.2) is 9.67 Å². The van der Waals surface area contributed by atoms with E-state index < -0.39 is 0 Å². The molecule has 114 valence electrons. The van der Waals surface area contributed by atoms with E-state index in [9.17, 15) is 9.59 Å². The van der Waals surface area contributed by atoms with Crippen molar-refractivity contribution in [2.75, 3.05) is 18.9 Å². The Balaban J connectivity index is 1.66. The molecule has 0 radical (unpaired) electrons. The van der Waals surface area contributed by atoms with Crippen LogP contribution >= 0.6 is 15.9 Å². The van der Waals surface area contributed by atoms with E-state index in [0.29, 0.717) is 18.1 Å². The number of carbonyl (C=O) groups is 2. The van der Waals surface area contributed by atoms with E-state index in [2.05, 4.69) is 31.3 Å². The van der Waals surface area contributed by atoms with Crippen molar-refractivity contribution >= 4 is 33.4 Å². The van der Waals surface area contributed by atoms with Crippen LogP contribution < -0.4 is 5.32 Å². The molecule has 7 nitrogen and oxygen atoms in total. The Morgan fingerprint density at radius 1 is 1.41 bits per heavy atom. The highest BCUT2D eigenvalue weighted by Crippen LogP contribution is 2.19. The number of anilines is 1. The Hall–Kier alpha value is -2.22. The molecule has 1 atom stereocenters. The maximum Gasteiger partial charge on any atom is 0.229 e. The summed E-state index contributed by atoms with van der Waals surface area (Å²) in [6.07, 6.45) is 5.30. The maximum absolute atomic E-state index is 12.1. The third kappa shape index (κ3) is 3.01. The van der Waals surface area contributed by atoms with Crippen molar-refractivity contribution in [2.45, 2.75) is 6.42 Å². The lowest BCUT2D eigenvalue weighted by molar-refractivity contribution is -0.127. The number of hydrogen-bond acceptors (Lipinski definition) is 4. The average Bonchev–Trinajstić information content (AvgIpc) is 3.07. The van der Waals surface area contributed by atoms with Crippen molar-refractivity contribution in [2.24, 2.45) is 5.92 Å². The van der Waals surface area contributed by atoms with E-state index in [1.807, 2.05) is 0 Å². The zero-order valence-corrected chi connectivity index (χ0v) is 13.4. The van der Waals surface area contributed by atoms with Crippen LogP contribution in [0.3, 0.4) is 0 Å². The highest BCUT2D eigenvalue weighted by Gasteiger charge is 2.32. The molecule has 0 bridgehead atoms.